The zero-order valence-corrected chi connectivity index (χ0v) is 12.0. The van der Waals surface area contributed by atoms with Crippen molar-refractivity contribution in [1.82, 2.24) is 20.2 Å². The molecule has 0 aliphatic heterocycles. The molecular formula is C12H12BrClN4. The van der Waals surface area contributed by atoms with Gasteiger partial charge in [0, 0.05) is 15.4 Å². The highest BCUT2D eigenvalue weighted by Gasteiger charge is 2.24. The second-order valence-electron chi connectivity index (χ2n) is 4.53. The van der Waals surface area contributed by atoms with Crippen LogP contribution in [0.4, 0.5) is 0 Å². The zero-order valence-electron chi connectivity index (χ0n) is 9.68. The Morgan fingerprint density at radius 2 is 2.06 bits per heavy atom. The third kappa shape index (κ3) is 2.17. The van der Waals surface area contributed by atoms with Gasteiger partial charge >= 0.3 is 0 Å². The van der Waals surface area contributed by atoms with Gasteiger partial charge in [0.25, 0.3) is 0 Å². The summed E-state index contributed by atoms with van der Waals surface area (Å²) in [5, 5.41) is 12.8. The highest BCUT2D eigenvalue weighted by atomic mass is 79.9. The first-order valence-corrected chi connectivity index (χ1v) is 7.16. The second kappa shape index (κ2) is 4.97. The van der Waals surface area contributed by atoms with Crippen LogP contribution in [0.2, 0.25) is 5.02 Å². The summed E-state index contributed by atoms with van der Waals surface area (Å²) in [6, 6.07) is 5.64. The Morgan fingerprint density at radius 3 is 2.78 bits per heavy atom. The van der Waals surface area contributed by atoms with Crippen molar-refractivity contribution in [2.45, 2.75) is 31.6 Å². The van der Waals surface area contributed by atoms with Crippen LogP contribution in [-0.2, 0) is 0 Å². The van der Waals surface area contributed by atoms with Gasteiger partial charge in [-0.15, -0.1) is 5.10 Å². The summed E-state index contributed by atoms with van der Waals surface area (Å²) in [5.41, 5.74) is 0.936. The van der Waals surface area contributed by atoms with Gasteiger partial charge in [-0.1, -0.05) is 24.4 Å². The fourth-order valence-electron chi connectivity index (χ4n) is 2.46. The van der Waals surface area contributed by atoms with E-state index < -0.39 is 0 Å². The van der Waals surface area contributed by atoms with Gasteiger partial charge in [-0.25, -0.2) is 0 Å². The molecule has 0 unspecified atom stereocenters. The van der Waals surface area contributed by atoms with E-state index in [1.807, 2.05) is 22.9 Å². The summed E-state index contributed by atoms with van der Waals surface area (Å²) in [4.78, 5) is 0. The average molecular weight is 328 g/mol. The topological polar surface area (TPSA) is 43.6 Å². The molecule has 3 rings (SSSR count). The van der Waals surface area contributed by atoms with Gasteiger partial charge in [0.2, 0.25) is 0 Å². The minimum absolute atomic E-state index is 0.475. The molecule has 0 N–H and O–H groups in total. The van der Waals surface area contributed by atoms with Gasteiger partial charge in [0.1, 0.15) is 0 Å². The monoisotopic (exact) mass is 326 g/mol. The van der Waals surface area contributed by atoms with Crippen molar-refractivity contribution in [3.8, 4) is 5.69 Å². The van der Waals surface area contributed by atoms with Gasteiger partial charge in [0.15, 0.2) is 5.82 Å². The fraction of sp³-hybridized carbons (Fsp3) is 0.417. The summed E-state index contributed by atoms with van der Waals surface area (Å²) >= 11 is 9.46. The van der Waals surface area contributed by atoms with E-state index in [9.17, 15) is 0 Å². The SMILES string of the molecule is Clc1ccc(-n2nnnc2C2CCCC2)c(Br)c1. The first-order valence-electron chi connectivity index (χ1n) is 5.99. The smallest absolute Gasteiger partial charge is 0.159 e. The first-order chi connectivity index (χ1) is 8.75. The summed E-state index contributed by atoms with van der Waals surface area (Å²) in [7, 11) is 0. The predicted molar refractivity (Wildman–Crippen MR) is 73.1 cm³/mol. The lowest BCUT2D eigenvalue weighted by Crippen LogP contribution is -2.07. The molecule has 1 fully saturated rings. The molecule has 0 radical (unpaired) electrons. The maximum Gasteiger partial charge on any atom is 0.159 e. The number of hydrogen-bond acceptors (Lipinski definition) is 3. The van der Waals surface area contributed by atoms with Gasteiger partial charge in [0.05, 0.1) is 5.69 Å². The molecule has 6 heteroatoms. The van der Waals surface area contributed by atoms with Crippen LogP contribution in [0.5, 0.6) is 0 Å². The van der Waals surface area contributed by atoms with Crippen LogP contribution in [0, 0.1) is 0 Å². The van der Waals surface area contributed by atoms with E-state index in [2.05, 4.69) is 31.5 Å². The Hall–Kier alpha value is -0.940. The highest BCUT2D eigenvalue weighted by molar-refractivity contribution is 9.10. The minimum Gasteiger partial charge on any atom is -0.196 e. The molecule has 0 amide bonds. The van der Waals surface area contributed by atoms with Crippen LogP contribution in [0.1, 0.15) is 37.4 Å². The largest absolute Gasteiger partial charge is 0.196 e. The lowest BCUT2D eigenvalue weighted by Gasteiger charge is -2.10. The summed E-state index contributed by atoms with van der Waals surface area (Å²) in [6.45, 7) is 0. The van der Waals surface area contributed by atoms with E-state index >= 15 is 0 Å². The number of benzene rings is 1. The first kappa shape index (κ1) is 12.1. The molecule has 0 atom stereocenters. The molecule has 1 aromatic heterocycles. The Balaban J connectivity index is 2.03. The van der Waals surface area contributed by atoms with Crippen LogP contribution in [-0.4, -0.2) is 20.2 Å². The molecule has 2 aromatic rings. The van der Waals surface area contributed by atoms with E-state index in [1.165, 1.54) is 25.7 Å². The van der Waals surface area contributed by atoms with Crippen molar-refractivity contribution in [3.63, 3.8) is 0 Å². The van der Waals surface area contributed by atoms with E-state index in [4.69, 9.17) is 11.6 Å². The number of aromatic nitrogens is 4. The van der Waals surface area contributed by atoms with Crippen LogP contribution >= 0.6 is 27.5 Å². The number of hydrogen-bond donors (Lipinski definition) is 0. The maximum atomic E-state index is 5.95. The van der Waals surface area contributed by atoms with Crippen molar-refractivity contribution < 1.29 is 0 Å². The number of rotatable bonds is 2. The Morgan fingerprint density at radius 1 is 1.28 bits per heavy atom. The molecule has 0 bridgehead atoms. The predicted octanol–water partition coefficient (Wildman–Crippen LogP) is 3.74. The molecule has 0 saturated heterocycles. The van der Waals surface area contributed by atoms with Crippen molar-refractivity contribution in [2.75, 3.05) is 0 Å². The van der Waals surface area contributed by atoms with Crippen LogP contribution in [0.3, 0.4) is 0 Å². The normalized spacial score (nSPS) is 16.3. The summed E-state index contributed by atoms with van der Waals surface area (Å²) < 4.78 is 2.72. The maximum absolute atomic E-state index is 5.95. The lowest BCUT2D eigenvalue weighted by atomic mass is 10.1. The molecule has 94 valence electrons. The number of halogens is 2. The standard InChI is InChI=1S/C12H12BrClN4/c13-10-7-9(14)5-6-11(10)18-12(15-16-17-18)8-3-1-2-4-8/h5-8H,1-4H2. The molecule has 18 heavy (non-hydrogen) atoms. The third-order valence-corrected chi connectivity index (χ3v) is 4.22. The van der Waals surface area contributed by atoms with Crippen molar-refractivity contribution in [1.29, 1.82) is 0 Å². The van der Waals surface area contributed by atoms with Gasteiger partial charge < -0.3 is 0 Å². The number of nitrogens with zero attached hydrogens (tertiary/aromatic N) is 4. The molecule has 1 heterocycles. The van der Waals surface area contributed by atoms with Gasteiger partial charge in [-0.05, 0) is 57.4 Å². The second-order valence-corrected chi connectivity index (χ2v) is 5.82. The van der Waals surface area contributed by atoms with E-state index in [0.29, 0.717) is 10.9 Å². The van der Waals surface area contributed by atoms with Crippen molar-refractivity contribution in [2.24, 2.45) is 0 Å². The molecule has 0 spiro atoms. The van der Waals surface area contributed by atoms with E-state index in [1.54, 1.807) is 0 Å². The molecule has 1 aliphatic carbocycles. The van der Waals surface area contributed by atoms with Crippen molar-refractivity contribution >= 4 is 27.5 Å². The van der Waals surface area contributed by atoms with Crippen LogP contribution in [0.25, 0.3) is 5.69 Å². The van der Waals surface area contributed by atoms with Crippen LogP contribution < -0.4 is 0 Å². The Labute approximate surface area is 118 Å². The van der Waals surface area contributed by atoms with Crippen molar-refractivity contribution in [3.05, 3.63) is 33.5 Å². The third-order valence-electron chi connectivity index (χ3n) is 3.35. The average Bonchev–Trinajstić information content (AvgIpc) is 2.98. The summed E-state index contributed by atoms with van der Waals surface area (Å²) in [5.74, 6) is 1.43. The molecule has 1 saturated carbocycles. The quantitative estimate of drug-likeness (QED) is 0.844. The van der Waals surface area contributed by atoms with Crippen LogP contribution in [0.15, 0.2) is 22.7 Å². The zero-order chi connectivity index (χ0) is 12.5. The molecular weight excluding hydrogens is 316 g/mol. The molecule has 4 nitrogen and oxygen atoms in total. The Kier molecular flexibility index (Phi) is 3.35. The van der Waals surface area contributed by atoms with Gasteiger partial charge in [-0.3, -0.25) is 0 Å². The van der Waals surface area contributed by atoms with Gasteiger partial charge in [-0.2, -0.15) is 4.68 Å². The number of tetrazole rings is 1. The molecule has 1 aromatic carbocycles. The summed E-state index contributed by atoms with van der Waals surface area (Å²) in [6.07, 6.45) is 4.87. The van der Waals surface area contributed by atoms with E-state index in [-0.39, 0.29) is 0 Å². The highest BCUT2D eigenvalue weighted by Crippen LogP contribution is 2.34. The minimum atomic E-state index is 0.475. The fourth-order valence-corrected chi connectivity index (χ4v) is 3.31. The Bertz CT molecular complexity index is 563. The van der Waals surface area contributed by atoms with E-state index in [0.717, 1.165) is 16.0 Å². The lowest BCUT2D eigenvalue weighted by molar-refractivity contribution is 0.635. The molecule has 1 aliphatic rings.